The summed E-state index contributed by atoms with van der Waals surface area (Å²) in [6.45, 7) is 16.9. The second-order valence-electron chi connectivity index (χ2n) is 31.1. The maximum absolute atomic E-state index is 7.29. The van der Waals surface area contributed by atoms with Crippen LogP contribution in [0.15, 0.2) is 211 Å². The van der Waals surface area contributed by atoms with Gasteiger partial charge >= 0.3 is 0 Å². The molecular formula is C87H80BN3OS. The van der Waals surface area contributed by atoms with Crippen LogP contribution in [0.1, 0.15) is 158 Å². The highest BCUT2D eigenvalue weighted by atomic mass is 32.1. The molecule has 2 bridgehead atoms. The van der Waals surface area contributed by atoms with Crippen LogP contribution in [0.3, 0.4) is 0 Å². The van der Waals surface area contributed by atoms with Crippen LogP contribution in [0, 0.1) is 11.8 Å². The molecule has 0 atom stereocenters. The Morgan fingerprint density at radius 3 is 1.90 bits per heavy atom. The van der Waals surface area contributed by atoms with Crippen molar-refractivity contribution in [2.75, 3.05) is 14.7 Å². The Balaban J connectivity index is 0.942. The minimum Gasteiger partial charge on any atom is -0.454 e. The number of thiophene rings is 1. The van der Waals surface area contributed by atoms with Gasteiger partial charge in [0.1, 0.15) is 5.58 Å². The topological polar surface area (TPSA) is 22.9 Å². The molecule has 458 valence electrons. The van der Waals surface area contributed by atoms with Crippen molar-refractivity contribution in [2.24, 2.45) is 11.8 Å². The molecule has 12 aromatic rings. The summed E-state index contributed by atoms with van der Waals surface area (Å²) in [6.07, 6.45) is 13.8. The molecule has 5 aliphatic carbocycles. The first-order valence-electron chi connectivity index (χ1n) is 35.0. The van der Waals surface area contributed by atoms with E-state index in [0.717, 1.165) is 44.7 Å². The Bertz CT molecular complexity index is 5050. The zero-order chi connectivity index (χ0) is 62.4. The molecule has 0 unspecified atom stereocenters. The van der Waals surface area contributed by atoms with E-state index in [-0.39, 0.29) is 28.4 Å². The number of hydrogen-bond donors (Lipinski definition) is 0. The summed E-state index contributed by atoms with van der Waals surface area (Å²) in [7, 11) is 0. The monoisotopic (exact) mass is 1230 g/mol. The number of benzene rings is 10. The third-order valence-electron chi connectivity index (χ3n) is 24.2. The number of furan rings is 1. The lowest BCUT2D eigenvalue weighted by atomic mass is 9.36. The van der Waals surface area contributed by atoms with Crippen molar-refractivity contribution in [3.8, 4) is 22.3 Å². The van der Waals surface area contributed by atoms with Gasteiger partial charge in [0, 0.05) is 70.6 Å². The van der Waals surface area contributed by atoms with Crippen molar-refractivity contribution in [3.63, 3.8) is 0 Å². The van der Waals surface area contributed by atoms with Crippen molar-refractivity contribution in [1.82, 2.24) is 0 Å². The largest absolute Gasteiger partial charge is 0.454 e. The normalized spacial score (nSPS) is 20.5. The third-order valence-corrected chi connectivity index (χ3v) is 25.4. The highest BCUT2D eigenvalue weighted by Crippen LogP contribution is 2.69. The third kappa shape index (κ3) is 8.03. The number of fused-ring (bicyclic) bond motifs is 13. The van der Waals surface area contributed by atoms with Gasteiger partial charge in [-0.2, -0.15) is 0 Å². The van der Waals surface area contributed by atoms with Crippen LogP contribution in [0.25, 0.3) is 54.3 Å². The molecule has 2 aliphatic heterocycles. The Kier molecular flexibility index (Phi) is 12.2. The molecule has 0 radical (unpaired) electrons. The van der Waals surface area contributed by atoms with Gasteiger partial charge in [-0.05, 0) is 214 Å². The molecule has 6 heteroatoms. The summed E-state index contributed by atoms with van der Waals surface area (Å²) in [5.41, 5.74) is 29.8. The van der Waals surface area contributed by atoms with Gasteiger partial charge in [-0.1, -0.05) is 201 Å². The molecule has 10 aromatic carbocycles. The molecule has 19 rings (SSSR count). The van der Waals surface area contributed by atoms with Gasteiger partial charge in [0.2, 0.25) is 0 Å². The first-order valence-corrected chi connectivity index (χ1v) is 35.8. The van der Waals surface area contributed by atoms with Crippen LogP contribution in [0.5, 0.6) is 0 Å². The van der Waals surface area contributed by atoms with E-state index in [2.05, 4.69) is 281 Å². The fraction of sp³-hybridized carbons (Fsp3) is 0.287. The van der Waals surface area contributed by atoms with Gasteiger partial charge in [0.25, 0.3) is 6.71 Å². The Morgan fingerprint density at radius 1 is 0.505 bits per heavy atom. The van der Waals surface area contributed by atoms with Crippen LogP contribution < -0.4 is 30.4 Å². The predicted octanol–water partition coefficient (Wildman–Crippen LogP) is 22.8. The summed E-state index contributed by atoms with van der Waals surface area (Å²) >= 11 is 2.08. The predicted molar refractivity (Wildman–Crippen MR) is 395 cm³/mol. The van der Waals surface area contributed by atoms with E-state index in [0.29, 0.717) is 17.8 Å². The highest BCUT2D eigenvalue weighted by molar-refractivity contribution is 7.33. The molecule has 4 nitrogen and oxygen atoms in total. The number of rotatable bonds is 7. The SMILES string of the molecule is CC(C)(C)c1ccc(N(c2ccc3c(c2)N(c2cccc4c2oc2ccccc24)c2cc(C4CCCCC4)cc4c2B3c2sc3cc5c(cc3c2N4c2cccc3c2-c2ccccc2C32C3CCC2CC3)C(C)(C)CCC5(C)C)c2ccccc2-c2ccccc2)cc1. The average Bonchev–Trinajstić information content (AvgIpc) is 1.61. The summed E-state index contributed by atoms with van der Waals surface area (Å²) < 4.78 is 10.1. The van der Waals surface area contributed by atoms with Gasteiger partial charge in [0.15, 0.2) is 5.58 Å². The zero-order valence-electron chi connectivity index (χ0n) is 54.9. The minimum atomic E-state index is -0.0792. The fourth-order valence-electron chi connectivity index (χ4n) is 19.6. The van der Waals surface area contributed by atoms with Gasteiger partial charge < -0.3 is 19.1 Å². The maximum atomic E-state index is 7.29. The molecule has 3 fully saturated rings. The Morgan fingerprint density at radius 2 is 1.14 bits per heavy atom. The standard InChI is InChI=1S/C87H80BN3OS/c1-84(2,3)56-40-42-59(43-41-56)89(71-32-18-15-26-61(71)54-24-12-9-13-25-54)60-44-45-70-74(50-60)90(73-34-20-29-63-62-27-16-19-35-77(62)92-82(63)73)75-48-55(53-22-10-8-11-23-53)49-76-80(75)88(70)83-81(65-51-68-69(52-78(65)93-83)86(6,7)47-46-85(68,4)5)91(76)72-33-21-31-67-79(72)64-28-14-17-30-66(64)87(67)57-36-37-58(87)39-38-57/h9,12-21,24-35,40-45,48-53,57-58H,8,10-11,22-23,36-39,46-47H2,1-7H3. The van der Waals surface area contributed by atoms with E-state index < -0.39 is 0 Å². The smallest absolute Gasteiger partial charge is 0.264 e. The van der Waals surface area contributed by atoms with Gasteiger partial charge in [0.05, 0.1) is 22.7 Å². The molecule has 7 aliphatic rings. The molecule has 1 spiro atoms. The van der Waals surface area contributed by atoms with Crippen LogP contribution in [0.2, 0.25) is 0 Å². The van der Waals surface area contributed by atoms with E-state index in [1.165, 1.54) is 169 Å². The highest BCUT2D eigenvalue weighted by Gasteiger charge is 2.61. The lowest BCUT2D eigenvalue weighted by Gasteiger charge is -2.45. The first-order chi connectivity index (χ1) is 45.2. The van der Waals surface area contributed by atoms with Crippen molar-refractivity contribution >= 4 is 117 Å². The average molecular weight is 1230 g/mol. The molecule has 3 saturated carbocycles. The summed E-state index contributed by atoms with van der Waals surface area (Å²) in [4.78, 5) is 8.11. The number of hydrogen-bond acceptors (Lipinski definition) is 5. The summed E-state index contributed by atoms with van der Waals surface area (Å²) in [6, 6.07) is 80.7. The number of anilines is 9. The van der Waals surface area contributed by atoms with Gasteiger partial charge in [-0.3, -0.25) is 0 Å². The lowest BCUT2D eigenvalue weighted by molar-refractivity contribution is 0.332. The summed E-state index contributed by atoms with van der Waals surface area (Å²) in [5.74, 6) is 1.74. The molecule has 2 aromatic heterocycles. The van der Waals surface area contributed by atoms with Gasteiger partial charge in [-0.15, -0.1) is 11.3 Å². The van der Waals surface area contributed by atoms with Crippen molar-refractivity contribution in [3.05, 3.63) is 240 Å². The van der Waals surface area contributed by atoms with Crippen LogP contribution in [0.4, 0.5) is 51.2 Å². The Labute approximate surface area is 553 Å². The van der Waals surface area contributed by atoms with E-state index in [9.17, 15) is 0 Å². The minimum absolute atomic E-state index is 0.00633. The number of para-hydroxylation sites is 3. The quantitative estimate of drug-likeness (QED) is 0.148. The van der Waals surface area contributed by atoms with E-state index >= 15 is 0 Å². The van der Waals surface area contributed by atoms with Crippen molar-refractivity contribution in [1.29, 1.82) is 0 Å². The number of nitrogens with zero attached hydrogens (tertiary/aromatic N) is 3. The zero-order valence-corrected chi connectivity index (χ0v) is 55.7. The molecule has 0 N–H and O–H groups in total. The van der Waals surface area contributed by atoms with Gasteiger partial charge in [-0.25, -0.2) is 0 Å². The summed E-state index contributed by atoms with van der Waals surface area (Å²) in [5, 5.41) is 3.67. The molecule has 0 amide bonds. The van der Waals surface area contributed by atoms with Crippen molar-refractivity contribution in [2.45, 2.75) is 147 Å². The van der Waals surface area contributed by atoms with E-state index in [1.54, 1.807) is 11.1 Å². The maximum Gasteiger partial charge on any atom is 0.264 e. The Hall–Kier alpha value is -8.58. The van der Waals surface area contributed by atoms with E-state index in [1.807, 2.05) is 0 Å². The molecular weight excluding hydrogens is 1150 g/mol. The van der Waals surface area contributed by atoms with Crippen LogP contribution in [-0.2, 0) is 21.7 Å². The molecule has 4 heterocycles. The van der Waals surface area contributed by atoms with Crippen molar-refractivity contribution < 1.29 is 4.42 Å². The van der Waals surface area contributed by atoms with Crippen LogP contribution in [-0.4, -0.2) is 6.71 Å². The molecule has 93 heavy (non-hydrogen) atoms. The second kappa shape index (κ2) is 20.2. The molecule has 0 saturated heterocycles. The first kappa shape index (κ1) is 56.0. The van der Waals surface area contributed by atoms with Crippen LogP contribution >= 0.6 is 11.3 Å². The van der Waals surface area contributed by atoms with E-state index in [4.69, 9.17) is 4.42 Å². The fourth-order valence-corrected chi connectivity index (χ4v) is 21.0. The lowest BCUT2D eigenvalue weighted by Crippen LogP contribution is -2.60. The second-order valence-corrected chi connectivity index (χ2v) is 32.1.